The number of nitrogens with zero attached hydrogens (tertiary/aromatic N) is 1. The molecular weight excluding hydrogens is 321 g/mol. The number of alkyl halides is 3. The zero-order valence-corrected chi connectivity index (χ0v) is 13.3. The number of benzene rings is 1. The van der Waals surface area contributed by atoms with Crippen molar-refractivity contribution in [2.75, 3.05) is 4.72 Å². The Bertz CT molecular complexity index is 668. The van der Waals surface area contributed by atoms with Gasteiger partial charge in [-0.2, -0.15) is 21.6 Å². The van der Waals surface area contributed by atoms with Gasteiger partial charge in [0.1, 0.15) is 6.10 Å². The van der Waals surface area contributed by atoms with Crippen LogP contribution in [0.4, 0.5) is 18.9 Å². The minimum Gasteiger partial charge on any atom is -0.393 e. The summed E-state index contributed by atoms with van der Waals surface area (Å²) in [6.45, 7) is 6.48. The van der Waals surface area contributed by atoms with Crippen molar-refractivity contribution in [3.05, 3.63) is 29.3 Å². The fourth-order valence-corrected chi connectivity index (χ4v) is 2.19. The number of aryl methyl sites for hydroxylation is 1. The van der Waals surface area contributed by atoms with Gasteiger partial charge in [-0.1, -0.05) is 23.4 Å². The van der Waals surface area contributed by atoms with Crippen molar-refractivity contribution in [1.29, 1.82) is 0 Å². The predicted molar refractivity (Wildman–Crippen MR) is 78.2 cm³/mol. The topological polar surface area (TPSA) is 67.8 Å². The quantitative estimate of drug-likeness (QED) is 0.661. The SMILES string of the molecule is CC(=NOC(C)C)c1cccc(C)c1NS(=O)(=O)C(F)(F)F. The Morgan fingerprint density at radius 2 is 1.91 bits per heavy atom. The van der Waals surface area contributed by atoms with Crippen LogP contribution in [0.2, 0.25) is 0 Å². The Morgan fingerprint density at radius 3 is 2.41 bits per heavy atom. The smallest absolute Gasteiger partial charge is 0.393 e. The second-order valence-electron chi connectivity index (χ2n) is 4.88. The molecule has 0 heterocycles. The maximum Gasteiger partial charge on any atom is 0.516 e. The lowest BCUT2D eigenvalue weighted by Gasteiger charge is -2.16. The van der Waals surface area contributed by atoms with E-state index in [9.17, 15) is 21.6 Å². The molecule has 0 saturated heterocycles. The summed E-state index contributed by atoms with van der Waals surface area (Å²) in [4.78, 5) is 5.04. The minimum atomic E-state index is -5.51. The fraction of sp³-hybridized carbons (Fsp3) is 0.462. The molecule has 124 valence electrons. The second kappa shape index (κ2) is 6.55. The lowest BCUT2D eigenvalue weighted by atomic mass is 10.1. The molecule has 0 amide bonds. The van der Waals surface area contributed by atoms with E-state index in [1.54, 1.807) is 24.6 Å². The van der Waals surface area contributed by atoms with E-state index in [1.807, 2.05) is 0 Å². The van der Waals surface area contributed by atoms with E-state index in [-0.39, 0.29) is 23.1 Å². The largest absolute Gasteiger partial charge is 0.516 e. The molecule has 0 spiro atoms. The highest BCUT2D eigenvalue weighted by atomic mass is 32.2. The molecular formula is C13H17F3N2O3S. The van der Waals surface area contributed by atoms with Gasteiger partial charge in [0.05, 0.1) is 11.4 Å². The van der Waals surface area contributed by atoms with Crippen LogP contribution in [0.15, 0.2) is 23.4 Å². The normalized spacial score (nSPS) is 13.4. The third-order valence-corrected chi connectivity index (χ3v) is 3.69. The molecule has 0 aliphatic rings. The number of hydrogen-bond acceptors (Lipinski definition) is 4. The molecule has 1 aromatic rings. The van der Waals surface area contributed by atoms with Crippen molar-refractivity contribution < 1.29 is 26.4 Å². The fourth-order valence-electron chi connectivity index (χ4n) is 1.53. The first-order chi connectivity index (χ1) is 9.95. The van der Waals surface area contributed by atoms with E-state index in [1.165, 1.54) is 26.0 Å². The zero-order chi connectivity index (χ0) is 17.1. The summed E-state index contributed by atoms with van der Waals surface area (Å²) in [7, 11) is -5.51. The number of para-hydroxylation sites is 1. The van der Waals surface area contributed by atoms with Crippen LogP contribution >= 0.6 is 0 Å². The lowest BCUT2D eigenvalue weighted by Crippen LogP contribution is -2.30. The van der Waals surface area contributed by atoms with Crippen molar-refractivity contribution in [3.8, 4) is 0 Å². The third kappa shape index (κ3) is 4.36. The summed E-state index contributed by atoms with van der Waals surface area (Å²) in [6, 6.07) is 4.54. The average molecular weight is 338 g/mol. The van der Waals surface area contributed by atoms with Gasteiger partial charge in [-0.3, -0.25) is 4.72 Å². The van der Waals surface area contributed by atoms with Crippen LogP contribution in [0.1, 0.15) is 31.9 Å². The van der Waals surface area contributed by atoms with E-state index in [2.05, 4.69) is 5.16 Å². The molecule has 1 N–H and O–H groups in total. The van der Waals surface area contributed by atoms with Crippen molar-refractivity contribution in [2.24, 2.45) is 5.16 Å². The van der Waals surface area contributed by atoms with Crippen LogP contribution in [-0.4, -0.2) is 25.7 Å². The van der Waals surface area contributed by atoms with Crippen molar-refractivity contribution in [1.82, 2.24) is 0 Å². The Kier molecular flexibility index (Phi) is 5.44. The van der Waals surface area contributed by atoms with Crippen LogP contribution in [0.25, 0.3) is 0 Å². The predicted octanol–water partition coefficient (Wildman–Crippen LogP) is 3.41. The lowest BCUT2D eigenvalue weighted by molar-refractivity contribution is -0.0429. The zero-order valence-electron chi connectivity index (χ0n) is 12.5. The number of nitrogens with one attached hydrogen (secondary N) is 1. The summed E-state index contributed by atoms with van der Waals surface area (Å²) in [6.07, 6.45) is -0.213. The van der Waals surface area contributed by atoms with Crippen LogP contribution in [-0.2, 0) is 14.9 Å². The number of rotatable bonds is 5. The molecule has 0 unspecified atom stereocenters. The van der Waals surface area contributed by atoms with Gasteiger partial charge in [0, 0.05) is 5.56 Å². The highest BCUT2D eigenvalue weighted by molar-refractivity contribution is 7.93. The number of sulfonamides is 1. The molecule has 0 aromatic heterocycles. The van der Waals surface area contributed by atoms with E-state index in [0.717, 1.165) is 0 Å². The molecule has 22 heavy (non-hydrogen) atoms. The first-order valence-electron chi connectivity index (χ1n) is 6.35. The van der Waals surface area contributed by atoms with Gasteiger partial charge in [-0.15, -0.1) is 0 Å². The number of hydrogen-bond donors (Lipinski definition) is 1. The van der Waals surface area contributed by atoms with Gasteiger partial charge >= 0.3 is 15.5 Å². The molecule has 0 fully saturated rings. The molecule has 0 radical (unpaired) electrons. The van der Waals surface area contributed by atoms with Gasteiger partial charge in [-0.25, -0.2) is 0 Å². The van der Waals surface area contributed by atoms with E-state index >= 15 is 0 Å². The first-order valence-corrected chi connectivity index (χ1v) is 7.83. The van der Waals surface area contributed by atoms with Gasteiger partial charge in [0.25, 0.3) is 0 Å². The summed E-state index contributed by atoms with van der Waals surface area (Å²) in [5, 5.41) is 3.79. The molecule has 5 nitrogen and oxygen atoms in total. The molecule has 0 bridgehead atoms. The summed E-state index contributed by atoms with van der Waals surface area (Å²) < 4.78 is 61.8. The highest BCUT2D eigenvalue weighted by Gasteiger charge is 2.46. The molecule has 1 aromatic carbocycles. The number of oxime groups is 1. The Hall–Kier alpha value is -1.77. The van der Waals surface area contributed by atoms with Gasteiger partial charge < -0.3 is 4.84 Å². The molecule has 1 rings (SSSR count). The molecule has 0 saturated carbocycles. The van der Waals surface area contributed by atoms with Gasteiger partial charge in [0.15, 0.2) is 0 Å². The maximum absolute atomic E-state index is 12.5. The van der Waals surface area contributed by atoms with Crippen molar-refractivity contribution in [3.63, 3.8) is 0 Å². The summed E-state index contributed by atoms with van der Waals surface area (Å²) >= 11 is 0. The van der Waals surface area contributed by atoms with Crippen molar-refractivity contribution >= 4 is 21.4 Å². The maximum atomic E-state index is 12.5. The third-order valence-electron chi connectivity index (χ3n) is 2.60. The van der Waals surface area contributed by atoms with Crippen molar-refractivity contribution in [2.45, 2.75) is 39.3 Å². The number of anilines is 1. The van der Waals surface area contributed by atoms with Crippen LogP contribution in [0.5, 0.6) is 0 Å². The Balaban J connectivity index is 3.29. The Labute approximate surface area is 127 Å². The minimum absolute atomic E-state index is 0.173. The summed E-state index contributed by atoms with van der Waals surface area (Å²) in [5.41, 5.74) is -4.75. The number of halogens is 3. The molecule has 9 heteroatoms. The molecule has 0 aliphatic carbocycles. The highest BCUT2D eigenvalue weighted by Crippen LogP contribution is 2.29. The second-order valence-corrected chi connectivity index (χ2v) is 6.55. The summed E-state index contributed by atoms with van der Waals surface area (Å²) in [5.74, 6) is 0. The standard InChI is InChI=1S/C13H17F3N2O3S/c1-8(2)21-17-10(4)11-7-5-6-9(3)12(11)18-22(19,20)13(14,15)16/h5-8,18H,1-4H3. The van der Waals surface area contributed by atoms with Crippen LogP contribution < -0.4 is 4.72 Å². The van der Waals surface area contributed by atoms with Crippen LogP contribution in [0, 0.1) is 6.92 Å². The van der Waals surface area contributed by atoms with E-state index < -0.39 is 15.5 Å². The monoisotopic (exact) mass is 338 g/mol. The van der Waals surface area contributed by atoms with Gasteiger partial charge in [0.2, 0.25) is 0 Å². The van der Waals surface area contributed by atoms with Gasteiger partial charge in [-0.05, 0) is 33.3 Å². The molecule has 0 aliphatic heterocycles. The van der Waals surface area contributed by atoms with E-state index in [0.29, 0.717) is 5.56 Å². The van der Waals surface area contributed by atoms with E-state index in [4.69, 9.17) is 4.84 Å². The molecule has 0 atom stereocenters. The van der Waals surface area contributed by atoms with Crippen LogP contribution in [0.3, 0.4) is 0 Å². The first kappa shape index (κ1) is 18.3. The average Bonchev–Trinajstić information content (AvgIpc) is 2.36. The Morgan fingerprint density at radius 1 is 1.32 bits per heavy atom.